The minimum absolute atomic E-state index is 0.0589. The van der Waals surface area contributed by atoms with Crippen molar-refractivity contribution in [2.75, 3.05) is 11.9 Å². The van der Waals surface area contributed by atoms with Gasteiger partial charge in [-0.25, -0.2) is 18.4 Å². The quantitative estimate of drug-likeness (QED) is 0.615. The Kier molecular flexibility index (Phi) is 6.31. The molecule has 174 valence electrons. The van der Waals surface area contributed by atoms with Crippen LogP contribution < -0.4 is 5.32 Å². The molecule has 1 atom stereocenters. The van der Waals surface area contributed by atoms with Gasteiger partial charge in [-0.05, 0) is 64.8 Å². The largest absolute Gasteiger partial charge is 0.306 e. The lowest BCUT2D eigenvalue weighted by Crippen LogP contribution is -2.41. The number of carbonyl (C=O) groups is 1. The Balaban J connectivity index is 1.62. The molecule has 1 fully saturated rings. The molecule has 2 aromatic heterocycles. The molecule has 1 saturated heterocycles. The van der Waals surface area contributed by atoms with Crippen LogP contribution in [-0.2, 0) is 10.0 Å². The fourth-order valence-corrected chi connectivity index (χ4v) is 5.84. The molecule has 1 unspecified atom stereocenters. The van der Waals surface area contributed by atoms with Gasteiger partial charge < -0.3 is 5.32 Å². The lowest BCUT2D eigenvalue weighted by Gasteiger charge is -2.32. The third-order valence-corrected chi connectivity index (χ3v) is 7.69. The number of nitrogens with zero attached hydrogens (tertiary/aromatic N) is 5. The predicted molar refractivity (Wildman–Crippen MR) is 125 cm³/mol. The van der Waals surface area contributed by atoms with Crippen LogP contribution in [0.5, 0.6) is 0 Å². The lowest BCUT2D eigenvalue weighted by atomic mass is 10.1. The average Bonchev–Trinajstić information content (AvgIpc) is 3.13. The minimum Gasteiger partial charge on any atom is -0.306 e. The van der Waals surface area contributed by atoms with Gasteiger partial charge in [-0.15, -0.1) is 0 Å². The summed E-state index contributed by atoms with van der Waals surface area (Å²) in [5.74, 6) is 0.316. The highest BCUT2D eigenvalue weighted by molar-refractivity contribution is 7.89. The predicted octanol–water partition coefficient (Wildman–Crippen LogP) is 3.40. The summed E-state index contributed by atoms with van der Waals surface area (Å²) in [4.78, 5) is 22.0. The molecular weight excluding hydrogens is 440 g/mol. The van der Waals surface area contributed by atoms with E-state index in [1.54, 1.807) is 18.2 Å². The fourth-order valence-electron chi connectivity index (χ4n) is 4.09. The molecule has 1 amide bonds. The first-order valence-corrected chi connectivity index (χ1v) is 12.4. The van der Waals surface area contributed by atoms with Crippen LogP contribution in [0.4, 0.5) is 5.82 Å². The van der Waals surface area contributed by atoms with E-state index in [0.29, 0.717) is 24.0 Å². The van der Waals surface area contributed by atoms with Gasteiger partial charge >= 0.3 is 0 Å². The molecule has 1 aliphatic heterocycles. The van der Waals surface area contributed by atoms with E-state index in [-0.39, 0.29) is 16.5 Å². The third-order valence-electron chi connectivity index (χ3n) is 5.68. The average molecular weight is 469 g/mol. The molecule has 0 bridgehead atoms. The molecule has 9 nitrogen and oxygen atoms in total. The number of benzene rings is 1. The zero-order chi connectivity index (χ0) is 23.8. The van der Waals surface area contributed by atoms with E-state index in [2.05, 4.69) is 20.4 Å². The smallest absolute Gasteiger partial charge is 0.256 e. The highest BCUT2D eigenvalue weighted by Gasteiger charge is 2.31. The molecular formula is C23H28N6O3S. The van der Waals surface area contributed by atoms with Gasteiger partial charge in [0.05, 0.1) is 10.6 Å². The molecule has 4 rings (SSSR count). The number of amides is 1. The number of nitrogens with one attached hydrogen (secondary N) is 1. The summed E-state index contributed by atoms with van der Waals surface area (Å²) >= 11 is 0. The molecule has 3 heterocycles. The maximum atomic E-state index is 13.2. The Hall–Kier alpha value is -3.11. The second kappa shape index (κ2) is 9.03. The van der Waals surface area contributed by atoms with Crippen molar-refractivity contribution in [2.24, 2.45) is 0 Å². The lowest BCUT2D eigenvalue weighted by molar-refractivity contribution is 0.102. The van der Waals surface area contributed by atoms with Crippen molar-refractivity contribution in [3.8, 4) is 5.95 Å². The van der Waals surface area contributed by atoms with Gasteiger partial charge in [0, 0.05) is 35.6 Å². The topological polar surface area (TPSA) is 110 Å². The molecule has 10 heteroatoms. The maximum Gasteiger partial charge on any atom is 0.256 e. The van der Waals surface area contributed by atoms with Gasteiger partial charge in [0.2, 0.25) is 10.0 Å². The van der Waals surface area contributed by atoms with Crippen LogP contribution in [0.15, 0.2) is 41.3 Å². The highest BCUT2D eigenvalue weighted by Crippen LogP contribution is 2.26. The van der Waals surface area contributed by atoms with E-state index >= 15 is 0 Å². The number of hydrogen-bond acceptors (Lipinski definition) is 6. The van der Waals surface area contributed by atoms with Crippen LogP contribution in [0, 0.1) is 20.8 Å². The number of sulfonamides is 1. The monoisotopic (exact) mass is 468 g/mol. The van der Waals surface area contributed by atoms with Crippen molar-refractivity contribution in [3.63, 3.8) is 0 Å². The summed E-state index contributed by atoms with van der Waals surface area (Å²) in [5, 5.41) is 7.24. The summed E-state index contributed by atoms with van der Waals surface area (Å²) < 4.78 is 29.4. The third kappa shape index (κ3) is 4.81. The Bertz CT molecular complexity index is 1280. The van der Waals surface area contributed by atoms with Crippen LogP contribution >= 0.6 is 0 Å². The molecule has 0 saturated carbocycles. The Labute approximate surface area is 193 Å². The number of hydrogen-bond donors (Lipinski definition) is 1. The molecule has 0 radical (unpaired) electrons. The Morgan fingerprint density at radius 2 is 1.76 bits per heavy atom. The fraction of sp³-hybridized carbons (Fsp3) is 0.391. The first-order chi connectivity index (χ1) is 15.6. The van der Waals surface area contributed by atoms with Crippen molar-refractivity contribution in [1.29, 1.82) is 0 Å². The van der Waals surface area contributed by atoms with Crippen LogP contribution in [0.3, 0.4) is 0 Å². The second-order valence-electron chi connectivity index (χ2n) is 8.48. The van der Waals surface area contributed by atoms with Crippen LogP contribution in [0.25, 0.3) is 5.95 Å². The van der Waals surface area contributed by atoms with Gasteiger partial charge in [-0.1, -0.05) is 12.5 Å². The zero-order valence-electron chi connectivity index (χ0n) is 19.2. The summed E-state index contributed by atoms with van der Waals surface area (Å²) in [5.41, 5.74) is 2.50. The van der Waals surface area contributed by atoms with Crippen molar-refractivity contribution < 1.29 is 13.2 Å². The summed E-state index contributed by atoms with van der Waals surface area (Å²) in [6.07, 6.45) is 2.70. The van der Waals surface area contributed by atoms with Crippen molar-refractivity contribution >= 4 is 21.7 Å². The number of aromatic nitrogens is 4. The van der Waals surface area contributed by atoms with E-state index in [9.17, 15) is 13.2 Å². The standard InChI is InChI=1S/C23H28N6O3S/c1-15-12-16(2)25-23(24-15)29-21(13-17(3)27-29)26-22(30)19-9-7-10-20(14-19)33(31,32)28-11-6-5-8-18(28)4/h7,9-10,12-14,18H,5-6,8,11H2,1-4H3,(H,26,30). The molecule has 1 aromatic carbocycles. The van der Waals surface area contributed by atoms with Crippen LogP contribution in [-0.4, -0.2) is 51.0 Å². The summed E-state index contributed by atoms with van der Waals surface area (Å²) in [6.45, 7) is 7.95. The molecule has 0 spiro atoms. The molecule has 3 aromatic rings. The van der Waals surface area contributed by atoms with E-state index < -0.39 is 15.9 Å². The summed E-state index contributed by atoms with van der Waals surface area (Å²) in [7, 11) is -3.68. The molecule has 33 heavy (non-hydrogen) atoms. The zero-order valence-corrected chi connectivity index (χ0v) is 20.1. The Morgan fingerprint density at radius 3 is 2.45 bits per heavy atom. The van der Waals surface area contributed by atoms with Crippen LogP contribution in [0.2, 0.25) is 0 Å². The SMILES string of the molecule is Cc1cc(C)nc(-n2nc(C)cc2NC(=O)c2cccc(S(=O)(=O)N3CCCCC3C)c2)n1. The number of carbonyl (C=O) groups excluding carboxylic acids is 1. The first kappa shape index (κ1) is 23.1. The number of aryl methyl sites for hydroxylation is 3. The maximum absolute atomic E-state index is 13.2. The molecule has 1 aliphatic rings. The van der Waals surface area contributed by atoms with E-state index in [1.807, 2.05) is 33.8 Å². The van der Waals surface area contributed by atoms with Gasteiger partial charge in [-0.3, -0.25) is 4.79 Å². The molecule has 1 N–H and O–H groups in total. The second-order valence-corrected chi connectivity index (χ2v) is 10.4. The van der Waals surface area contributed by atoms with Gasteiger partial charge in [0.15, 0.2) is 0 Å². The first-order valence-electron chi connectivity index (χ1n) is 11.0. The number of rotatable bonds is 5. The molecule has 0 aliphatic carbocycles. The number of piperidine rings is 1. The van der Waals surface area contributed by atoms with E-state index in [1.165, 1.54) is 21.1 Å². The van der Waals surface area contributed by atoms with Crippen molar-refractivity contribution in [1.82, 2.24) is 24.1 Å². The van der Waals surface area contributed by atoms with Gasteiger partial charge in [0.1, 0.15) is 5.82 Å². The van der Waals surface area contributed by atoms with Crippen LogP contribution in [0.1, 0.15) is 53.6 Å². The van der Waals surface area contributed by atoms with Crippen molar-refractivity contribution in [2.45, 2.75) is 57.9 Å². The highest BCUT2D eigenvalue weighted by atomic mass is 32.2. The van der Waals surface area contributed by atoms with Crippen molar-refractivity contribution in [3.05, 3.63) is 59.0 Å². The van der Waals surface area contributed by atoms with Gasteiger partial charge in [0.25, 0.3) is 11.9 Å². The summed E-state index contributed by atoms with van der Waals surface area (Å²) in [6, 6.07) is 9.65. The van der Waals surface area contributed by atoms with Gasteiger partial charge in [-0.2, -0.15) is 14.1 Å². The number of anilines is 1. The Morgan fingerprint density at radius 1 is 1.03 bits per heavy atom. The minimum atomic E-state index is -3.68. The van der Waals surface area contributed by atoms with E-state index in [4.69, 9.17) is 0 Å². The van der Waals surface area contributed by atoms with E-state index in [0.717, 1.165) is 30.7 Å². The normalized spacial score (nSPS) is 17.2.